The lowest BCUT2D eigenvalue weighted by molar-refractivity contribution is 0.00578. The number of fused-ring (bicyclic) bond motifs is 7. The Morgan fingerprint density at radius 2 is 1.05 bits per heavy atom. The van der Waals surface area contributed by atoms with Gasteiger partial charge in [0.15, 0.2) is 0 Å². The van der Waals surface area contributed by atoms with Gasteiger partial charge in [0.25, 0.3) is 0 Å². The van der Waals surface area contributed by atoms with Crippen LogP contribution in [-0.4, -0.2) is 18.3 Å². The van der Waals surface area contributed by atoms with Crippen molar-refractivity contribution in [3.05, 3.63) is 150 Å². The van der Waals surface area contributed by atoms with Crippen LogP contribution in [0, 0.1) is 0 Å². The molecule has 3 aliphatic rings. The molecule has 1 heterocycles. The van der Waals surface area contributed by atoms with Gasteiger partial charge in [0, 0.05) is 0 Å². The summed E-state index contributed by atoms with van der Waals surface area (Å²) in [6, 6.07) is 47.3. The minimum Gasteiger partial charge on any atom is -0.399 e. The van der Waals surface area contributed by atoms with Gasteiger partial charge >= 0.3 is 7.12 Å². The molecule has 44 heavy (non-hydrogen) atoms. The molecule has 0 radical (unpaired) electrons. The Kier molecular flexibility index (Phi) is 5.21. The Morgan fingerprint density at radius 1 is 0.477 bits per heavy atom. The molecule has 0 spiro atoms. The van der Waals surface area contributed by atoms with Gasteiger partial charge in [-0.25, -0.2) is 0 Å². The van der Waals surface area contributed by atoms with Crippen molar-refractivity contribution in [1.29, 1.82) is 0 Å². The molecule has 1 fully saturated rings. The van der Waals surface area contributed by atoms with Gasteiger partial charge in [0.1, 0.15) is 0 Å². The topological polar surface area (TPSA) is 18.5 Å². The fourth-order valence-corrected chi connectivity index (χ4v) is 7.98. The molecule has 2 nitrogen and oxygen atoms in total. The number of benzene rings is 6. The minimum atomic E-state index is -0.486. The Morgan fingerprint density at radius 3 is 1.75 bits per heavy atom. The third kappa shape index (κ3) is 3.24. The van der Waals surface area contributed by atoms with Crippen molar-refractivity contribution >= 4 is 23.4 Å². The van der Waals surface area contributed by atoms with Crippen LogP contribution in [0.5, 0.6) is 0 Å². The van der Waals surface area contributed by atoms with E-state index in [1.54, 1.807) is 0 Å². The van der Waals surface area contributed by atoms with Crippen molar-refractivity contribution in [2.24, 2.45) is 0 Å². The lowest BCUT2D eigenvalue weighted by atomic mass is 9.66. The second-order valence-electron chi connectivity index (χ2n) is 13.5. The SMILES string of the molecule is CC1(C)OB(c2ccc(C3(c4ccccc4)c4ccccc4-c4c3cc3c5c(cccc45)-c4ccccc4-3)cc2)OC1(C)C. The number of hydrogen-bond acceptors (Lipinski definition) is 2. The van der Waals surface area contributed by atoms with E-state index in [-0.39, 0.29) is 11.2 Å². The highest BCUT2D eigenvalue weighted by atomic mass is 16.7. The van der Waals surface area contributed by atoms with Crippen LogP contribution in [0.15, 0.2) is 127 Å². The van der Waals surface area contributed by atoms with Crippen LogP contribution in [0.25, 0.3) is 44.2 Å². The summed E-state index contributed by atoms with van der Waals surface area (Å²) in [6.45, 7) is 8.43. The van der Waals surface area contributed by atoms with E-state index in [0.29, 0.717) is 0 Å². The highest BCUT2D eigenvalue weighted by Crippen LogP contribution is 2.61. The second-order valence-corrected chi connectivity index (χ2v) is 13.5. The van der Waals surface area contributed by atoms with Crippen LogP contribution in [0.4, 0.5) is 0 Å². The van der Waals surface area contributed by atoms with Crippen molar-refractivity contribution in [2.75, 3.05) is 0 Å². The Balaban J connectivity index is 1.34. The first-order valence-corrected chi connectivity index (χ1v) is 15.6. The summed E-state index contributed by atoms with van der Waals surface area (Å²) < 4.78 is 12.9. The molecule has 1 unspecified atom stereocenters. The summed E-state index contributed by atoms with van der Waals surface area (Å²) in [5, 5.41) is 2.69. The van der Waals surface area contributed by atoms with E-state index in [9.17, 15) is 0 Å². The molecule has 9 rings (SSSR count). The van der Waals surface area contributed by atoms with Crippen LogP contribution in [0.2, 0.25) is 0 Å². The Labute approximate surface area is 259 Å². The molecule has 6 aromatic carbocycles. The fraction of sp³-hybridized carbons (Fsp3) is 0.171. The first-order chi connectivity index (χ1) is 21.3. The maximum atomic E-state index is 6.43. The Bertz CT molecular complexity index is 2110. The number of hydrogen-bond donors (Lipinski definition) is 0. The van der Waals surface area contributed by atoms with E-state index in [1.807, 2.05) is 0 Å². The van der Waals surface area contributed by atoms with Crippen molar-refractivity contribution in [2.45, 2.75) is 44.3 Å². The normalized spacial score (nSPS) is 20.0. The van der Waals surface area contributed by atoms with Crippen LogP contribution in [0.1, 0.15) is 49.9 Å². The molecule has 2 aliphatic carbocycles. The van der Waals surface area contributed by atoms with Crippen molar-refractivity contribution in [3.63, 3.8) is 0 Å². The standard InChI is InChI=1S/C41H33BO2/c1-39(2)40(3,4)44-42(43-39)28-23-21-27(22-24-28)41(26-13-6-5-7-14-26)35-20-11-10-17-32(35)38-33-19-12-18-31-29-15-8-9-16-30(29)34(37(31)33)25-36(38)41/h5-25H,1-4H3. The van der Waals surface area contributed by atoms with Gasteiger partial charge in [-0.05, 0) is 106 Å². The molecule has 1 atom stereocenters. The third-order valence-corrected chi connectivity index (χ3v) is 10.7. The van der Waals surface area contributed by atoms with Gasteiger partial charge in [-0.2, -0.15) is 0 Å². The summed E-state index contributed by atoms with van der Waals surface area (Å²) in [5.74, 6) is 0. The largest absolute Gasteiger partial charge is 0.494 e. The van der Waals surface area contributed by atoms with Gasteiger partial charge in [-0.1, -0.05) is 121 Å². The van der Waals surface area contributed by atoms with E-state index < -0.39 is 12.5 Å². The van der Waals surface area contributed by atoms with Gasteiger partial charge in [0.2, 0.25) is 0 Å². The fourth-order valence-electron chi connectivity index (χ4n) is 7.98. The summed E-state index contributed by atoms with van der Waals surface area (Å²) in [4.78, 5) is 0. The summed E-state index contributed by atoms with van der Waals surface area (Å²) in [6.07, 6.45) is 0. The minimum absolute atomic E-state index is 0.385. The highest BCUT2D eigenvalue weighted by Gasteiger charge is 2.52. The van der Waals surface area contributed by atoms with E-state index in [0.717, 1.165) is 5.46 Å². The van der Waals surface area contributed by atoms with E-state index >= 15 is 0 Å². The predicted octanol–water partition coefficient (Wildman–Crippen LogP) is 9.15. The lowest BCUT2D eigenvalue weighted by Crippen LogP contribution is -2.41. The lowest BCUT2D eigenvalue weighted by Gasteiger charge is -2.34. The average molecular weight is 569 g/mol. The van der Waals surface area contributed by atoms with E-state index in [2.05, 4.69) is 155 Å². The zero-order chi connectivity index (χ0) is 29.8. The predicted molar refractivity (Wildman–Crippen MR) is 181 cm³/mol. The van der Waals surface area contributed by atoms with Crippen LogP contribution < -0.4 is 5.46 Å². The summed E-state index contributed by atoms with van der Waals surface area (Å²) >= 11 is 0. The van der Waals surface area contributed by atoms with Gasteiger partial charge in [-0.3, -0.25) is 0 Å². The maximum Gasteiger partial charge on any atom is 0.494 e. The zero-order valence-corrected chi connectivity index (χ0v) is 25.5. The molecule has 0 aromatic heterocycles. The first kappa shape index (κ1) is 26.0. The molecule has 1 saturated heterocycles. The van der Waals surface area contributed by atoms with Crippen LogP contribution in [0.3, 0.4) is 0 Å². The highest BCUT2D eigenvalue weighted by molar-refractivity contribution is 6.62. The molecular weight excluding hydrogens is 535 g/mol. The first-order valence-electron chi connectivity index (χ1n) is 15.6. The van der Waals surface area contributed by atoms with E-state index in [4.69, 9.17) is 9.31 Å². The quantitative estimate of drug-likeness (QED) is 0.198. The van der Waals surface area contributed by atoms with Gasteiger partial charge in [0.05, 0.1) is 16.6 Å². The molecule has 6 aromatic rings. The third-order valence-electron chi connectivity index (χ3n) is 10.7. The van der Waals surface area contributed by atoms with Crippen LogP contribution >= 0.6 is 0 Å². The van der Waals surface area contributed by atoms with Gasteiger partial charge < -0.3 is 9.31 Å². The zero-order valence-electron chi connectivity index (χ0n) is 25.5. The molecule has 0 N–H and O–H groups in total. The maximum absolute atomic E-state index is 6.43. The molecule has 0 saturated carbocycles. The van der Waals surface area contributed by atoms with Gasteiger partial charge in [-0.15, -0.1) is 0 Å². The van der Waals surface area contributed by atoms with E-state index in [1.165, 1.54) is 66.4 Å². The molecule has 0 bridgehead atoms. The second kappa shape index (κ2) is 8.82. The molecular formula is C41H33BO2. The Hall–Kier alpha value is -4.44. The summed E-state index contributed by atoms with van der Waals surface area (Å²) in [7, 11) is -0.399. The molecule has 0 amide bonds. The summed E-state index contributed by atoms with van der Waals surface area (Å²) in [5.41, 5.74) is 12.9. The monoisotopic (exact) mass is 568 g/mol. The smallest absolute Gasteiger partial charge is 0.399 e. The molecule has 212 valence electrons. The van der Waals surface area contributed by atoms with Crippen LogP contribution in [-0.2, 0) is 14.7 Å². The number of rotatable bonds is 3. The van der Waals surface area contributed by atoms with Crippen molar-refractivity contribution < 1.29 is 9.31 Å². The average Bonchev–Trinajstić information content (AvgIpc) is 3.61. The van der Waals surface area contributed by atoms with Crippen molar-refractivity contribution in [1.82, 2.24) is 0 Å². The molecule has 1 aliphatic heterocycles. The molecule has 3 heteroatoms. The van der Waals surface area contributed by atoms with Crippen molar-refractivity contribution in [3.8, 4) is 33.4 Å².